The number of rotatable bonds is 10. The van der Waals surface area contributed by atoms with Crippen LogP contribution >= 0.6 is 0 Å². The summed E-state index contributed by atoms with van der Waals surface area (Å²) in [6, 6.07) is 5.30. The van der Waals surface area contributed by atoms with E-state index in [9.17, 15) is 23.9 Å². The van der Waals surface area contributed by atoms with Gasteiger partial charge in [-0.2, -0.15) is 0 Å². The van der Waals surface area contributed by atoms with Crippen molar-refractivity contribution >= 4 is 17.1 Å². The fourth-order valence-electron chi connectivity index (χ4n) is 3.84. The van der Waals surface area contributed by atoms with Crippen LogP contribution in [0.3, 0.4) is 0 Å². The Balaban J connectivity index is 2.03. The average Bonchev–Trinajstić information content (AvgIpc) is 3.15. The molecule has 10 heteroatoms. The van der Waals surface area contributed by atoms with Crippen molar-refractivity contribution in [2.75, 3.05) is 0 Å². The maximum absolute atomic E-state index is 13.3. The lowest BCUT2D eigenvalue weighted by molar-refractivity contribution is -0.122. The number of nitrogens with one attached hydrogen (secondary N) is 1. The highest BCUT2D eigenvalue weighted by molar-refractivity contribution is 5.77. The number of carbonyl (C=O) groups is 1. The first-order valence-electron chi connectivity index (χ1n) is 11.2. The third-order valence-electron chi connectivity index (χ3n) is 5.57. The van der Waals surface area contributed by atoms with E-state index in [-0.39, 0.29) is 23.6 Å². The van der Waals surface area contributed by atoms with Gasteiger partial charge in [-0.1, -0.05) is 32.4 Å². The number of nitrogens with zero attached hydrogens (tertiary/aromatic N) is 4. The second kappa shape index (κ2) is 10.6. The van der Waals surface area contributed by atoms with Gasteiger partial charge in [0.15, 0.2) is 11.2 Å². The van der Waals surface area contributed by atoms with E-state index in [1.54, 1.807) is 23.6 Å². The lowest BCUT2D eigenvalue weighted by atomic mass is 10.1. The summed E-state index contributed by atoms with van der Waals surface area (Å²) >= 11 is 0. The Bertz CT molecular complexity index is 1240. The van der Waals surface area contributed by atoms with E-state index < -0.39 is 29.7 Å². The van der Waals surface area contributed by atoms with Gasteiger partial charge in [0.05, 0.1) is 6.04 Å². The summed E-state index contributed by atoms with van der Waals surface area (Å²) in [5, 5.41) is 12.5. The number of aromatic nitrogens is 4. The van der Waals surface area contributed by atoms with E-state index >= 15 is 0 Å². The van der Waals surface area contributed by atoms with Crippen molar-refractivity contribution in [2.45, 2.75) is 72.3 Å². The first-order valence-corrected chi connectivity index (χ1v) is 11.2. The van der Waals surface area contributed by atoms with Crippen LogP contribution in [0, 0.1) is 5.82 Å². The number of hydrogen-bond acceptors (Lipinski definition) is 5. The highest BCUT2D eigenvalue weighted by atomic mass is 19.1. The molecular weight excluding hydrogens is 429 g/mol. The molecule has 0 aliphatic heterocycles. The molecule has 0 radical (unpaired) electrons. The van der Waals surface area contributed by atoms with E-state index in [4.69, 9.17) is 0 Å². The van der Waals surface area contributed by atoms with Crippen molar-refractivity contribution in [2.24, 2.45) is 0 Å². The number of aliphatic hydroxyl groups excluding tert-OH is 1. The van der Waals surface area contributed by atoms with Gasteiger partial charge in [-0.25, -0.2) is 18.7 Å². The molecule has 178 valence electrons. The van der Waals surface area contributed by atoms with Gasteiger partial charge in [0, 0.05) is 13.1 Å². The molecular formula is C23H30FN5O4. The van der Waals surface area contributed by atoms with Crippen LogP contribution in [0.25, 0.3) is 11.2 Å². The predicted octanol–water partition coefficient (Wildman–Crippen LogP) is 2.08. The molecule has 33 heavy (non-hydrogen) atoms. The number of fused-ring (bicyclic) bond motifs is 1. The Labute approximate surface area is 190 Å². The SMILES string of the molecule is CCCCn1c(=O)n(CC(=O)NC(C)c2ccc(F)cc2)c(=O)c2c1nc(CO)n2CCC. The molecule has 1 aromatic carbocycles. The largest absolute Gasteiger partial charge is 0.388 e. The Kier molecular flexibility index (Phi) is 7.80. The second-order valence-electron chi connectivity index (χ2n) is 8.03. The molecule has 3 aromatic rings. The summed E-state index contributed by atoms with van der Waals surface area (Å²) in [4.78, 5) is 43.6. The molecule has 0 aliphatic carbocycles. The van der Waals surface area contributed by atoms with Crippen LogP contribution in [0.1, 0.15) is 57.5 Å². The first kappa shape index (κ1) is 24.4. The molecule has 0 spiro atoms. The van der Waals surface area contributed by atoms with Gasteiger partial charge in [0.2, 0.25) is 5.91 Å². The number of carbonyl (C=O) groups excluding carboxylic acids is 1. The van der Waals surface area contributed by atoms with Crippen molar-refractivity contribution in [1.29, 1.82) is 0 Å². The molecule has 0 fully saturated rings. The smallest absolute Gasteiger partial charge is 0.333 e. The minimum absolute atomic E-state index is 0.205. The minimum atomic E-state index is -0.618. The molecule has 9 nitrogen and oxygen atoms in total. The fraction of sp³-hybridized carbons (Fsp3) is 0.478. The van der Waals surface area contributed by atoms with Gasteiger partial charge >= 0.3 is 5.69 Å². The highest BCUT2D eigenvalue weighted by Crippen LogP contribution is 2.15. The van der Waals surface area contributed by atoms with Crippen molar-refractivity contribution in [3.63, 3.8) is 0 Å². The number of aryl methyl sites for hydroxylation is 2. The first-order chi connectivity index (χ1) is 15.8. The lowest BCUT2D eigenvalue weighted by Crippen LogP contribution is -2.44. The lowest BCUT2D eigenvalue weighted by Gasteiger charge is -2.16. The third kappa shape index (κ3) is 5.05. The zero-order chi connectivity index (χ0) is 24.1. The van der Waals surface area contributed by atoms with Crippen molar-refractivity contribution < 1.29 is 14.3 Å². The highest BCUT2D eigenvalue weighted by Gasteiger charge is 2.22. The monoisotopic (exact) mass is 459 g/mol. The molecule has 1 unspecified atom stereocenters. The maximum Gasteiger partial charge on any atom is 0.333 e. The van der Waals surface area contributed by atoms with E-state index in [1.807, 2.05) is 13.8 Å². The molecule has 1 atom stereocenters. The molecule has 1 amide bonds. The molecule has 2 N–H and O–H groups in total. The maximum atomic E-state index is 13.3. The van der Waals surface area contributed by atoms with E-state index in [2.05, 4.69) is 10.3 Å². The van der Waals surface area contributed by atoms with Crippen LogP contribution in [-0.4, -0.2) is 29.7 Å². The summed E-state index contributed by atoms with van der Waals surface area (Å²) in [5.74, 6) is -0.590. The molecule has 2 heterocycles. The molecule has 0 saturated carbocycles. The van der Waals surface area contributed by atoms with Crippen LogP contribution in [0.5, 0.6) is 0 Å². The summed E-state index contributed by atoms with van der Waals surface area (Å²) in [7, 11) is 0. The van der Waals surface area contributed by atoms with Crippen LogP contribution in [0.2, 0.25) is 0 Å². The average molecular weight is 460 g/mol. The van der Waals surface area contributed by atoms with E-state index in [0.717, 1.165) is 11.0 Å². The van der Waals surface area contributed by atoms with Crippen molar-refractivity contribution in [3.8, 4) is 0 Å². The fourth-order valence-corrected chi connectivity index (χ4v) is 3.84. The number of hydrogen-bond donors (Lipinski definition) is 2. The third-order valence-corrected chi connectivity index (χ3v) is 5.57. The number of aliphatic hydroxyl groups is 1. The number of benzene rings is 1. The Hall–Kier alpha value is -3.27. The Morgan fingerprint density at radius 1 is 1.09 bits per heavy atom. The van der Waals surface area contributed by atoms with Crippen molar-refractivity contribution in [1.82, 2.24) is 24.0 Å². The molecule has 0 aliphatic rings. The van der Waals surface area contributed by atoms with Crippen LogP contribution in [0.15, 0.2) is 33.9 Å². The number of unbranched alkanes of at least 4 members (excludes halogenated alkanes) is 1. The topological polar surface area (TPSA) is 111 Å². The summed E-state index contributed by atoms with van der Waals surface area (Å²) in [5.41, 5.74) is -0.103. The zero-order valence-corrected chi connectivity index (χ0v) is 19.2. The van der Waals surface area contributed by atoms with E-state index in [0.29, 0.717) is 37.3 Å². The minimum Gasteiger partial charge on any atom is -0.388 e. The molecule has 3 rings (SSSR count). The normalized spacial score (nSPS) is 12.3. The number of amides is 1. The van der Waals surface area contributed by atoms with E-state index in [1.165, 1.54) is 16.7 Å². The predicted molar refractivity (Wildman–Crippen MR) is 122 cm³/mol. The summed E-state index contributed by atoms with van der Waals surface area (Å²) < 4.78 is 17.1. The molecule has 0 saturated heterocycles. The quantitative estimate of drug-likeness (QED) is 0.482. The standard InChI is InChI=1S/C23H30FN5O4/c1-4-6-12-28-21-20(27(11-5-2)18(14-30)26-21)22(32)29(23(28)33)13-19(31)25-15(3)16-7-9-17(24)10-8-16/h7-10,15,30H,4-6,11-14H2,1-3H3,(H,25,31). The Morgan fingerprint density at radius 3 is 2.39 bits per heavy atom. The second-order valence-corrected chi connectivity index (χ2v) is 8.03. The van der Waals surface area contributed by atoms with Gasteiger partial charge in [-0.3, -0.25) is 14.2 Å². The van der Waals surface area contributed by atoms with Gasteiger partial charge in [0.25, 0.3) is 5.56 Å². The van der Waals surface area contributed by atoms with Crippen LogP contribution in [0.4, 0.5) is 4.39 Å². The number of imidazole rings is 1. The summed E-state index contributed by atoms with van der Waals surface area (Å²) in [6.07, 6.45) is 2.21. The molecule has 0 bridgehead atoms. The molecule has 2 aromatic heterocycles. The zero-order valence-electron chi connectivity index (χ0n) is 19.2. The van der Waals surface area contributed by atoms with Gasteiger partial charge in [-0.05, 0) is 37.5 Å². The van der Waals surface area contributed by atoms with Gasteiger partial charge in [0.1, 0.15) is 24.8 Å². The van der Waals surface area contributed by atoms with Crippen LogP contribution < -0.4 is 16.6 Å². The van der Waals surface area contributed by atoms with Crippen LogP contribution in [-0.2, 0) is 31.0 Å². The van der Waals surface area contributed by atoms with Gasteiger partial charge in [-0.15, -0.1) is 0 Å². The van der Waals surface area contributed by atoms with Crippen molar-refractivity contribution in [3.05, 3.63) is 62.3 Å². The summed E-state index contributed by atoms with van der Waals surface area (Å²) in [6.45, 7) is 5.61. The van der Waals surface area contributed by atoms with Gasteiger partial charge < -0.3 is 15.0 Å². The Morgan fingerprint density at radius 2 is 1.79 bits per heavy atom. The number of halogens is 1.